The maximum absolute atomic E-state index is 13.0. The third-order valence-electron chi connectivity index (χ3n) is 4.94. The lowest BCUT2D eigenvalue weighted by Gasteiger charge is -2.29. The van der Waals surface area contributed by atoms with E-state index in [1.807, 2.05) is 13.8 Å². The molecule has 0 aromatic heterocycles. The highest BCUT2D eigenvalue weighted by Gasteiger charge is 2.32. The standard InChI is InChI=1S/C19H25F3N2O3/c1-11(2)16(13-4-3-5-14(10-13)19(20,21)22)24-18(27)23-15-8-6-12(7-9-15)17(25)26/h3-5,10-12,15-16H,6-9H2,1-2H3,(H,25,26)(H2,23,24,27). The quantitative estimate of drug-likeness (QED) is 0.704. The van der Waals surface area contributed by atoms with E-state index in [0.29, 0.717) is 31.2 Å². The molecule has 0 heterocycles. The second kappa shape index (κ2) is 8.63. The smallest absolute Gasteiger partial charge is 0.416 e. The summed E-state index contributed by atoms with van der Waals surface area (Å²) < 4.78 is 38.9. The third-order valence-corrected chi connectivity index (χ3v) is 4.94. The minimum atomic E-state index is -4.44. The normalized spacial score (nSPS) is 21.6. The second-order valence-electron chi connectivity index (χ2n) is 7.35. The Bertz CT molecular complexity index is 668. The van der Waals surface area contributed by atoms with Crippen molar-refractivity contribution in [3.63, 3.8) is 0 Å². The van der Waals surface area contributed by atoms with Crippen LogP contribution >= 0.6 is 0 Å². The van der Waals surface area contributed by atoms with Crippen LogP contribution in [0.15, 0.2) is 24.3 Å². The fraction of sp³-hybridized carbons (Fsp3) is 0.579. The molecule has 1 aliphatic carbocycles. The lowest BCUT2D eigenvalue weighted by atomic mass is 9.86. The summed E-state index contributed by atoms with van der Waals surface area (Å²) in [6, 6.07) is 3.81. The maximum atomic E-state index is 13.0. The summed E-state index contributed by atoms with van der Waals surface area (Å²) in [4.78, 5) is 23.3. The van der Waals surface area contributed by atoms with Crippen molar-refractivity contribution in [2.45, 2.75) is 57.8 Å². The molecule has 1 saturated carbocycles. The van der Waals surface area contributed by atoms with Gasteiger partial charge in [-0.05, 0) is 49.3 Å². The highest BCUT2D eigenvalue weighted by Crippen LogP contribution is 2.32. The molecule has 8 heteroatoms. The minimum absolute atomic E-state index is 0.109. The summed E-state index contributed by atoms with van der Waals surface area (Å²) in [7, 11) is 0. The van der Waals surface area contributed by atoms with Crippen LogP contribution in [-0.4, -0.2) is 23.1 Å². The van der Waals surface area contributed by atoms with Gasteiger partial charge in [-0.25, -0.2) is 4.79 Å². The molecule has 3 N–H and O–H groups in total. The number of urea groups is 1. The van der Waals surface area contributed by atoms with Gasteiger partial charge in [0.25, 0.3) is 0 Å². The molecule has 1 atom stereocenters. The summed E-state index contributed by atoms with van der Waals surface area (Å²) in [5.41, 5.74) is -0.357. The van der Waals surface area contributed by atoms with Gasteiger partial charge in [0.1, 0.15) is 0 Å². The Morgan fingerprint density at radius 1 is 1.15 bits per heavy atom. The van der Waals surface area contributed by atoms with Crippen LogP contribution in [0.2, 0.25) is 0 Å². The molecule has 0 radical (unpaired) electrons. The number of carboxylic acids is 1. The Hall–Kier alpha value is -2.25. The Morgan fingerprint density at radius 3 is 2.30 bits per heavy atom. The molecule has 0 saturated heterocycles. The van der Waals surface area contributed by atoms with Gasteiger partial charge < -0.3 is 15.7 Å². The number of rotatable bonds is 5. The van der Waals surface area contributed by atoms with E-state index < -0.39 is 29.8 Å². The van der Waals surface area contributed by atoms with Gasteiger partial charge in [0.2, 0.25) is 0 Å². The highest BCUT2D eigenvalue weighted by atomic mass is 19.4. The Labute approximate surface area is 156 Å². The monoisotopic (exact) mass is 386 g/mol. The minimum Gasteiger partial charge on any atom is -0.481 e. The van der Waals surface area contributed by atoms with Crippen LogP contribution in [0.3, 0.4) is 0 Å². The average molecular weight is 386 g/mol. The molecule has 2 rings (SSSR count). The number of amides is 2. The first-order chi connectivity index (χ1) is 12.6. The number of carboxylic acid groups (broad SMARTS) is 1. The van der Waals surface area contributed by atoms with Crippen LogP contribution < -0.4 is 10.6 Å². The number of carbonyl (C=O) groups is 2. The van der Waals surface area contributed by atoms with E-state index in [4.69, 9.17) is 5.11 Å². The summed E-state index contributed by atoms with van der Waals surface area (Å²) in [5, 5.41) is 14.6. The van der Waals surface area contributed by atoms with Gasteiger partial charge in [-0.1, -0.05) is 26.0 Å². The highest BCUT2D eigenvalue weighted by molar-refractivity contribution is 5.75. The molecule has 150 valence electrons. The predicted octanol–water partition coefficient (Wildman–Crippen LogP) is 4.35. The number of aliphatic carboxylic acids is 1. The van der Waals surface area contributed by atoms with Crippen LogP contribution in [0.4, 0.5) is 18.0 Å². The molecule has 0 bridgehead atoms. The fourth-order valence-corrected chi connectivity index (χ4v) is 3.40. The zero-order valence-corrected chi connectivity index (χ0v) is 15.3. The van der Waals surface area contributed by atoms with Crippen molar-refractivity contribution >= 4 is 12.0 Å². The maximum Gasteiger partial charge on any atom is 0.416 e. The first kappa shape index (κ1) is 21.1. The molecule has 5 nitrogen and oxygen atoms in total. The van der Waals surface area contributed by atoms with Gasteiger partial charge in [-0.3, -0.25) is 4.79 Å². The van der Waals surface area contributed by atoms with E-state index in [0.717, 1.165) is 12.1 Å². The van der Waals surface area contributed by atoms with Crippen molar-refractivity contribution in [1.82, 2.24) is 10.6 Å². The molecule has 2 amide bonds. The average Bonchev–Trinajstić information content (AvgIpc) is 2.59. The molecule has 1 aromatic rings. The Kier molecular flexibility index (Phi) is 6.73. The van der Waals surface area contributed by atoms with E-state index in [2.05, 4.69) is 10.6 Å². The SMILES string of the molecule is CC(C)C(NC(=O)NC1CCC(C(=O)O)CC1)c1cccc(C(F)(F)F)c1. The van der Waals surface area contributed by atoms with Gasteiger partial charge in [-0.2, -0.15) is 13.2 Å². The molecule has 1 aromatic carbocycles. The van der Waals surface area contributed by atoms with E-state index >= 15 is 0 Å². The van der Waals surface area contributed by atoms with Crippen molar-refractivity contribution in [2.75, 3.05) is 0 Å². The number of halogens is 3. The first-order valence-corrected chi connectivity index (χ1v) is 9.05. The van der Waals surface area contributed by atoms with Gasteiger partial charge in [-0.15, -0.1) is 0 Å². The molecular weight excluding hydrogens is 361 g/mol. The summed E-state index contributed by atoms with van der Waals surface area (Å²) >= 11 is 0. The number of benzene rings is 1. The molecule has 0 spiro atoms. The zero-order chi connectivity index (χ0) is 20.2. The lowest BCUT2D eigenvalue weighted by Crippen LogP contribution is -2.46. The number of hydrogen-bond donors (Lipinski definition) is 3. The van der Waals surface area contributed by atoms with E-state index in [-0.39, 0.29) is 17.9 Å². The van der Waals surface area contributed by atoms with Crippen molar-refractivity contribution in [2.24, 2.45) is 11.8 Å². The number of nitrogens with one attached hydrogen (secondary N) is 2. The molecule has 1 unspecified atom stereocenters. The fourth-order valence-electron chi connectivity index (χ4n) is 3.40. The predicted molar refractivity (Wildman–Crippen MR) is 94.1 cm³/mol. The van der Waals surface area contributed by atoms with Gasteiger partial charge in [0.05, 0.1) is 17.5 Å². The van der Waals surface area contributed by atoms with Crippen molar-refractivity contribution in [3.05, 3.63) is 35.4 Å². The van der Waals surface area contributed by atoms with Gasteiger partial charge in [0, 0.05) is 6.04 Å². The molecule has 1 fully saturated rings. The van der Waals surface area contributed by atoms with Crippen LogP contribution in [0.5, 0.6) is 0 Å². The van der Waals surface area contributed by atoms with Crippen molar-refractivity contribution in [1.29, 1.82) is 0 Å². The zero-order valence-electron chi connectivity index (χ0n) is 15.3. The van der Waals surface area contributed by atoms with E-state index in [1.165, 1.54) is 6.07 Å². The number of hydrogen-bond acceptors (Lipinski definition) is 2. The topological polar surface area (TPSA) is 78.4 Å². The van der Waals surface area contributed by atoms with Crippen LogP contribution in [0, 0.1) is 11.8 Å². The Balaban J connectivity index is 2.00. The van der Waals surface area contributed by atoms with Crippen molar-refractivity contribution in [3.8, 4) is 0 Å². The molecule has 27 heavy (non-hydrogen) atoms. The molecular formula is C19H25F3N2O3. The second-order valence-corrected chi connectivity index (χ2v) is 7.35. The first-order valence-electron chi connectivity index (χ1n) is 9.05. The van der Waals surface area contributed by atoms with Crippen LogP contribution in [0.1, 0.15) is 56.7 Å². The lowest BCUT2D eigenvalue weighted by molar-refractivity contribution is -0.143. The molecule has 0 aliphatic heterocycles. The van der Waals surface area contributed by atoms with Gasteiger partial charge in [0.15, 0.2) is 0 Å². The van der Waals surface area contributed by atoms with E-state index in [1.54, 1.807) is 6.07 Å². The third kappa shape index (κ3) is 5.87. The summed E-state index contributed by atoms with van der Waals surface area (Å²) in [5.74, 6) is -1.30. The summed E-state index contributed by atoms with van der Waals surface area (Å²) in [6.07, 6.45) is -2.30. The largest absolute Gasteiger partial charge is 0.481 e. The van der Waals surface area contributed by atoms with Crippen LogP contribution in [-0.2, 0) is 11.0 Å². The van der Waals surface area contributed by atoms with Gasteiger partial charge >= 0.3 is 18.2 Å². The van der Waals surface area contributed by atoms with E-state index in [9.17, 15) is 22.8 Å². The summed E-state index contributed by atoms with van der Waals surface area (Å²) in [6.45, 7) is 3.65. The van der Waals surface area contributed by atoms with Crippen LogP contribution in [0.25, 0.3) is 0 Å². The molecule has 1 aliphatic rings. The Morgan fingerprint density at radius 2 is 1.78 bits per heavy atom. The van der Waals surface area contributed by atoms with Crippen molar-refractivity contribution < 1.29 is 27.9 Å². The number of alkyl halides is 3. The number of carbonyl (C=O) groups excluding carboxylic acids is 1.